The molecule has 4 heteroatoms. The van der Waals surface area contributed by atoms with E-state index >= 15 is 0 Å². The van der Waals surface area contributed by atoms with Gasteiger partial charge in [0.2, 0.25) is 0 Å². The third-order valence-corrected chi connectivity index (χ3v) is 4.50. The lowest BCUT2D eigenvalue weighted by Gasteiger charge is -1.97. The van der Waals surface area contributed by atoms with Crippen molar-refractivity contribution in [2.24, 2.45) is 0 Å². The lowest BCUT2D eigenvalue weighted by Crippen LogP contribution is -1.83. The summed E-state index contributed by atoms with van der Waals surface area (Å²) in [5.41, 5.74) is 4.22. The Morgan fingerprint density at radius 3 is 2.70 bits per heavy atom. The van der Waals surface area contributed by atoms with Crippen molar-refractivity contribution in [2.75, 3.05) is 0 Å². The number of thiophene rings is 1. The zero-order chi connectivity index (χ0) is 13.7. The predicted molar refractivity (Wildman–Crippen MR) is 82.1 cm³/mol. The summed E-state index contributed by atoms with van der Waals surface area (Å²) in [6.07, 6.45) is 0. The van der Waals surface area contributed by atoms with Crippen molar-refractivity contribution >= 4 is 31.8 Å². The average molecular weight is 280 g/mol. The number of hydrogen-bond donors (Lipinski definition) is 0. The lowest BCUT2D eigenvalue weighted by molar-refractivity contribution is 0.441. The van der Waals surface area contributed by atoms with E-state index < -0.39 is 0 Å². The molecule has 0 aliphatic rings. The molecule has 0 spiro atoms. The minimum absolute atomic E-state index is 0.834. The zero-order valence-electron chi connectivity index (χ0n) is 11.2. The molecule has 0 unspecified atom stereocenters. The van der Waals surface area contributed by atoms with Crippen LogP contribution in [0.1, 0.15) is 11.3 Å². The van der Waals surface area contributed by atoms with Crippen LogP contribution in [0.4, 0.5) is 0 Å². The first kappa shape index (κ1) is 11.6. The summed E-state index contributed by atoms with van der Waals surface area (Å²) in [5, 5.41) is 5.38. The molecule has 4 rings (SSSR count). The van der Waals surface area contributed by atoms with Gasteiger partial charge in [-0.1, -0.05) is 35.5 Å². The van der Waals surface area contributed by atoms with Crippen LogP contribution in [0, 0.1) is 13.8 Å². The van der Waals surface area contributed by atoms with Gasteiger partial charge in [-0.25, -0.2) is 4.98 Å². The van der Waals surface area contributed by atoms with Crippen LogP contribution in [-0.4, -0.2) is 10.1 Å². The summed E-state index contributed by atoms with van der Waals surface area (Å²) in [6.45, 7) is 4.12. The highest BCUT2D eigenvalue weighted by Crippen LogP contribution is 2.40. The molecule has 0 bridgehead atoms. The molecule has 3 nitrogen and oxygen atoms in total. The lowest BCUT2D eigenvalue weighted by atomic mass is 10.1. The number of aromatic nitrogens is 2. The van der Waals surface area contributed by atoms with Gasteiger partial charge in [0.15, 0.2) is 5.76 Å². The van der Waals surface area contributed by atoms with E-state index in [2.05, 4.69) is 23.1 Å². The Balaban J connectivity index is 2.09. The molecular formula is C16H12N2OS. The molecule has 98 valence electrons. The SMILES string of the molecule is Cc1cc(C)c2c(n1)sc1c(-c3ccccc3)onc12. The van der Waals surface area contributed by atoms with E-state index in [1.807, 2.05) is 37.3 Å². The minimum atomic E-state index is 0.834. The van der Waals surface area contributed by atoms with Crippen molar-refractivity contribution in [3.05, 3.63) is 47.7 Å². The van der Waals surface area contributed by atoms with Gasteiger partial charge < -0.3 is 4.52 Å². The van der Waals surface area contributed by atoms with Crippen molar-refractivity contribution in [3.8, 4) is 11.3 Å². The van der Waals surface area contributed by atoms with Gasteiger partial charge in [0.05, 0.1) is 0 Å². The Bertz CT molecular complexity index is 922. The highest BCUT2D eigenvalue weighted by atomic mass is 32.1. The maximum absolute atomic E-state index is 5.57. The molecule has 0 fully saturated rings. The van der Waals surface area contributed by atoms with Crippen molar-refractivity contribution < 1.29 is 4.52 Å². The van der Waals surface area contributed by atoms with Gasteiger partial charge >= 0.3 is 0 Å². The van der Waals surface area contributed by atoms with Crippen LogP contribution in [0.2, 0.25) is 0 Å². The van der Waals surface area contributed by atoms with Crippen LogP contribution >= 0.6 is 11.3 Å². The molecule has 20 heavy (non-hydrogen) atoms. The Morgan fingerprint density at radius 2 is 1.90 bits per heavy atom. The Morgan fingerprint density at radius 1 is 1.10 bits per heavy atom. The summed E-state index contributed by atoms with van der Waals surface area (Å²) in [5.74, 6) is 0.834. The fraction of sp³-hybridized carbons (Fsp3) is 0.125. The first-order chi connectivity index (χ1) is 9.74. The van der Waals surface area contributed by atoms with E-state index in [0.717, 1.165) is 37.5 Å². The van der Waals surface area contributed by atoms with Crippen molar-refractivity contribution in [2.45, 2.75) is 13.8 Å². The molecule has 3 heterocycles. The third-order valence-electron chi connectivity index (χ3n) is 3.43. The van der Waals surface area contributed by atoms with Crippen LogP contribution in [0.25, 0.3) is 31.8 Å². The average Bonchev–Trinajstić information content (AvgIpc) is 2.97. The molecule has 0 saturated heterocycles. The number of aryl methyl sites for hydroxylation is 2. The van der Waals surface area contributed by atoms with E-state index in [4.69, 9.17) is 4.52 Å². The second-order valence-corrected chi connectivity index (χ2v) is 5.92. The number of rotatable bonds is 1. The van der Waals surface area contributed by atoms with Crippen LogP contribution in [-0.2, 0) is 0 Å². The first-order valence-electron chi connectivity index (χ1n) is 6.45. The molecule has 4 aromatic rings. The van der Waals surface area contributed by atoms with Gasteiger partial charge in [0.1, 0.15) is 15.0 Å². The second kappa shape index (κ2) is 4.15. The highest BCUT2D eigenvalue weighted by Gasteiger charge is 2.18. The molecule has 0 radical (unpaired) electrons. The summed E-state index contributed by atoms with van der Waals surface area (Å²) < 4.78 is 6.64. The number of nitrogens with zero attached hydrogens (tertiary/aromatic N) is 2. The van der Waals surface area contributed by atoms with Gasteiger partial charge in [-0.15, -0.1) is 11.3 Å². The van der Waals surface area contributed by atoms with E-state index in [1.165, 1.54) is 5.56 Å². The maximum atomic E-state index is 5.57. The van der Waals surface area contributed by atoms with Crippen molar-refractivity contribution in [3.63, 3.8) is 0 Å². The summed E-state index contributed by atoms with van der Waals surface area (Å²) in [4.78, 5) is 5.65. The fourth-order valence-corrected chi connectivity index (χ4v) is 3.80. The standard InChI is InChI=1S/C16H12N2OS/c1-9-8-10(2)17-16-12(9)13-15(20-16)14(19-18-13)11-6-4-3-5-7-11/h3-8H,1-2H3. The first-order valence-corrected chi connectivity index (χ1v) is 7.27. The minimum Gasteiger partial charge on any atom is -0.354 e. The molecule has 1 aromatic carbocycles. The van der Waals surface area contributed by atoms with Crippen LogP contribution in [0.15, 0.2) is 40.9 Å². The normalized spacial score (nSPS) is 11.5. The van der Waals surface area contributed by atoms with Crippen LogP contribution in [0.3, 0.4) is 0 Å². The maximum Gasteiger partial charge on any atom is 0.184 e. The summed E-state index contributed by atoms with van der Waals surface area (Å²) in [6, 6.07) is 12.2. The molecule has 0 saturated carbocycles. The molecule has 3 aromatic heterocycles. The highest BCUT2D eigenvalue weighted by molar-refractivity contribution is 7.25. The zero-order valence-corrected chi connectivity index (χ0v) is 12.0. The molecule has 0 aliphatic heterocycles. The molecular weight excluding hydrogens is 268 g/mol. The number of fused-ring (bicyclic) bond motifs is 3. The number of benzene rings is 1. The van der Waals surface area contributed by atoms with E-state index in [-0.39, 0.29) is 0 Å². The van der Waals surface area contributed by atoms with Crippen molar-refractivity contribution in [1.82, 2.24) is 10.1 Å². The molecule has 0 atom stereocenters. The van der Waals surface area contributed by atoms with Crippen LogP contribution in [0.5, 0.6) is 0 Å². The molecule has 0 aliphatic carbocycles. The summed E-state index contributed by atoms with van der Waals surface area (Å²) >= 11 is 1.65. The second-order valence-electron chi connectivity index (χ2n) is 4.92. The Kier molecular flexibility index (Phi) is 2.41. The van der Waals surface area contributed by atoms with Gasteiger partial charge in [-0.2, -0.15) is 0 Å². The largest absolute Gasteiger partial charge is 0.354 e. The quantitative estimate of drug-likeness (QED) is 0.506. The Hall–Kier alpha value is -2.20. The van der Waals surface area contributed by atoms with E-state index in [1.54, 1.807) is 11.3 Å². The fourth-order valence-electron chi connectivity index (χ4n) is 2.57. The monoisotopic (exact) mass is 280 g/mol. The summed E-state index contributed by atoms with van der Waals surface area (Å²) in [7, 11) is 0. The van der Waals surface area contributed by atoms with Gasteiger partial charge in [0.25, 0.3) is 0 Å². The smallest absolute Gasteiger partial charge is 0.184 e. The topological polar surface area (TPSA) is 38.9 Å². The predicted octanol–water partition coefficient (Wildman–Crippen LogP) is 4.72. The van der Waals surface area contributed by atoms with E-state index in [9.17, 15) is 0 Å². The van der Waals surface area contributed by atoms with Crippen LogP contribution < -0.4 is 0 Å². The van der Waals surface area contributed by atoms with Gasteiger partial charge in [-0.05, 0) is 25.5 Å². The third kappa shape index (κ3) is 1.58. The number of pyridine rings is 1. The van der Waals surface area contributed by atoms with E-state index in [0.29, 0.717) is 0 Å². The molecule has 0 N–H and O–H groups in total. The van der Waals surface area contributed by atoms with Gasteiger partial charge in [0, 0.05) is 16.6 Å². The Labute approximate surface area is 119 Å². The molecule has 0 amide bonds. The van der Waals surface area contributed by atoms with Gasteiger partial charge in [-0.3, -0.25) is 0 Å². The van der Waals surface area contributed by atoms with Crippen molar-refractivity contribution in [1.29, 1.82) is 0 Å². The number of hydrogen-bond acceptors (Lipinski definition) is 4.